The van der Waals surface area contributed by atoms with Crippen LogP contribution in [0.1, 0.15) is 18.4 Å². The predicted molar refractivity (Wildman–Crippen MR) is 76.2 cm³/mol. The summed E-state index contributed by atoms with van der Waals surface area (Å²) < 4.78 is 0.905. The summed E-state index contributed by atoms with van der Waals surface area (Å²) in [7, 11) is 0. The summed E-state index contributed by atoms with van der Waals surface area (Å²) in [6.07, 6.45) is 0.962. The zero-order chi connectivity index (χ0) is 14.0. The Kier molecular flexibility index (Phi) is 4.50. The molecule has 1 unspecified atom stereocenters. The lowest BCUT2D eigenvalue weighted by molar-refractivity contribution is -0.164. The number of rotatable bonds is 3. The number of halogens is 2. The van der Waals surface area contributed by atoms with Crippen LogP contribution < -0.4 is 0 Å². The molecule has 104 valence electrons. The van der Waals surface area contributed by atoms with E-state index >= 15 is 0 Å². The predicted octanol–water partition coefficient (Wildman–Crippen LogP) is 2.51. The molecule has 4 nitrogen and oxygen atoms in total. The Labute approximate surface area is 125 Å². The van der Waals surface area contributed by atoms with Gasteiger partial charge in [-0.2, -0.15) is 0 Å². The van der Waals surface area contributed by atoms with Gasteiger partial charge in [-0.3, -0.25) is 4.90 Å². The highest BCUT2D eigenvalue weighted by atomic mass is 79.9. The minimum atomic E-state index is -1.64. The van der Waals surface area contributed by atoms with Crippen LogP contribution in [-0.2, 0) is 11.3 Å². The maximum atomic E-state index is 11.1. The number of hydrogen-bond acceptors (Lipinski definition) is 3. The lowest BCUT2D eigenvalue weighted by Crippen LogP contribution is -2.52. The zero-order valence-corrected chi connectivity index (χ0v) is 12.6. The number of piperidine rings is 1. The average molecular weight is 349 g/mol. The van der Waals surface area contributed by atoms with Gasteiger partial charge in [-0.05, 0) is 37.1 Å². The molecule has 1 aliphatic heterocycles. The molecule has 1 atom stereocenters. The van der Waals surface area contributed by atoms with E-state index in [4.69, 9.17) is 16.7 Å². The molecule has 6 heteroatoms. The summed E-state index contributed by atoms with van der Waals surface area (Å²) in [4.78, 5) is 13.0. The third-order valence-corrected chi connectivity index (χ3v) is 4.20. The second kappa shape index (κ2) is 5.79. The molecule has 1 aromatic rings. The standard InChI is InChI=1S/C13H15BrClNO3/c14-10-3-2-9(11(15)6-10)7-16-5-1-4-13(19,8-16)12(17)18/h2-3,6,19H,1,4-5,7-8H2,(H,17,18). The molecule has 0 radical (unpaired) electrons. The highest BCUT2D eigenvalue weighted by Crippen LogP contribution is 2.26. The summed E-state index contributed by atoms with van der Waals surface area (Å²) in [6.45, 7) is 1.44. The average Bonchev–Trinajstić information content (AvgIpc) is 2.33. The lowest BCUT2D eigenvalue weighted by atomic mass is 9.93. The molecule has 0 aliphatic carbocycles. The number of aliphatic carboxylic acids is 1. The Morgan fingerprint density at radius 3 is 2.89 bits per heavy atom. The van der Waals surface area contributed by atoms with E-state index in [1.165, 1.54) is 0 Å². The summed E-state index contributed by atoms with van der Waals surface area (Å²) >= 11 is 9.49. The van der Waals surface area contributed by atoms with Crippen molar-refractivity contribution in [2.75, 3.05) is 13.1 Å². The first-order chi connectivity index (χ1) is 8.90. The van der Waals surface area contributed by atoms with E-state index in [0.29, 0.717) is 24.4 Å². The second-order valence-electron chi connectivity index (χ2n) is 4.89. The number of benzene rings is 1. The van der Waals surface area contributed by atoms with Crippen molar-refractivity contribution in [1.29, 1.82) is 0 Å². The van der Waals surface area contributed by atoms with Gasteiger partial charge < -0.3 is 10.2 Å². The Bertz CT molecular complexity index is 497. The van der Waals surface area contributed by atoms with Gasteiger partial charge in [0.05, 0.1) is 0 Å². The summed E-state index contributed by atoms with van der Waals surface area (Å²) in [5, 5.41) is 19.7. The van der Waals surface area contributed by atoms with Crippen LogP contribution in [0.5, 0.6) is 0 Å². The number of hydrogen-bond donors (Lipinski definition) is 2. The fourth-order valence-electron chi connectivity index (χ4n) is 2.32. The van der Waals surface area contributed by atoms with E-state index in [2.05, 4.69) is 15.9 Å². The number of likely N-dealkylation sites (tertiary alicyclic amines) is 1. The monoisotopic (exact) mass is 347 g/mol. The Hall–Kier alpha value is -0.620. The highest BCUT2D eigenvalue weighted by molar-refractivity contribution is 9.10. The van der Waals surface area contributed by atoms with Crippen LogP contribution in [0.4, 0.5) is 0 Å². The van der Waals surface area contributed by atoms with Gasteiger partial charge in [0.25, 0.3) is 0 Å². The van der Waals surface area contributed by atoms with E-state index in [1.54, 1.807) is 0 Å². The topological polar surface area (TPSA) is 60.8 Å². The molecule has 0 aromatic heterocycles. The van der Waals surface area contributed by atoms with Gasteiger partial charge in [0, 0.05) is 22.6 Å². The SMILES string of the molecule is O=C(O)C1(O)CCCN(Cc2ccc(Br)cc2Cl)C1. The zero-order valence-electron chi connectivity index (χ0n) is 10.3. The second-order valence-corrected chi connectivity index (χ2v) is 6.21. The minimum Gasteiger partial charge on any atom is -0.479 e. The van der Waals surface area contributed by atoms with Gasteiger partial charge >= 0.3 is 5.97 Å². The number of carbonyl (C=O) groups is 1. The molecule has 1 heterocycles. The number of carboxylic acids is 1. The van der Waals surface area contributed by atoms with Crippen molar-refractivity contribution in [3.63, 3.8) is 0 Å². The van der Waals surface area contributed by atoms with E-state index < -0.39 is 11.6 Å². The van der Waals surface area contributed by atoms with Crippen molar-refractivity contribution in [1.82, 2.24) is 4.90 Å². The van der Waals surface area contributed by atoms with Gasteiger partial charge in [0.2, 0.25) is 0 Å². The van der Waals surface area contributed by atoms with E-state index in [-0.39, 0.29) is 6.54 Å². The molecule has 1 aliphatic rings. The van der Waals surface area contributed by atoms with Crippen LogP contribution in [0.2, 0.25) is 5.02 Å². The van der Waals surface area contributed by atoms with Crippen molar-refractivity contribution in [2.24, 2.45) is 0 Å². The minimum absolute atomic E-state index is 0.134. The summed E-state index contributed by atoms with van der Waals surface area (Å²) in [5.41, 5.74) is -0.709. The molecular formula is C13H15BrClNO3. The van der Waals surface area contributed by atoms with Crippen LogP contribution in [-0.4, -0.2) is 39.8 Å². The highest BCUT2D eigenvalue weighted by Gasteiger charge is 2.40. The van der Waals surface area contributed by atoms with Crippen molar-refractivity contribution in [3.8, 4) is 0 Å². The number of nitrogens with zero attached hydrogens (tertiary/aromatic N) is 1. The molecule has 1 saturated heterocycles. The van der Waals surface area contributed by atoms with E-state index in [1.807, 2.05) is 23.1 Å². The van der Waals surface area contributed by atoms with Gasteiger partial charge in [0.1, 0.15) is 0 Å². The van der Waals surface area contributed by atoms with Gasteiger partial charge in [0.15, 0.2) is 5.60 Å². The van der Waals surface area contributed by atoms with Crippen LogP contribution >= 0.6 is 27.5 Å². The van der Waals surface area contributed by atoms with Crippen LogP contribution in [0, 0.1) is 0 Å². The molecule has 0 spiro atoms. The molecule has 0 saturated carbocycles. The first kappa shape index (κ1) is 14.8. The largest absolute Gasteiger partial charge is 0.479 e. The fraction of sp³-hybridized carbons (Fsp3) is 0.462. The summed E-state index contributed by atoms with van der Waals surface area (Å²) in [6, 6.07) is 5.61. The van der Waals surface area contributed by atoms with Crippen molar-refractivity contribution < 1.29 is 15.0 Å². The van der Waals surface area contributed by atoms with Gasteiger partial charge in [-0.1, -0.05) is 33.6 Å². The normalized spacial score (nSPS) is 24.4. The van der Waals surface area contributed by atoms with E-state index in [0.717, 1.165) is 16.6 Å². The quantitative estimate of drug-likeness (QED) is 0.881. The number of aliphatic hydroxyl groups is 1. The Morgan fingerprint density at radius 1 is 1.53 bits per heavy atom. The van der Waals surface area contributed by atoms with Crippen LogP contribution in [0.3, 0.4) is 0 Å². The third-order valence-electron chi connectivity index (χ3n) is 3.36. The fourth-order valence-corrected chi connectivity index (χ4v) is 3.06. The van der Waals surface area contributed by atoms with Gasteiger partial charge in [-0.25, -0.2) is 4.79 Å². The van der Waals surface area contributed by atoms with E-state index in [9.17, 15) is 9.90 Å². The van der Waals surface area contributed by atoms with Crippen LogP contribution in [0.25, 0.3) is 0 Å². The smallest absolute Gasteiger partial charge is 0.337 e. The maximum Gasteiger partial charge on any atom is 0.337 e. The molecule has 19 heavy (non-hydrogen) atoms. The Morgan fingerprint density at radius 2 is 2.26 bits per heavy atom. The lowest BCUT2D eigenvalue weighted by Gasteiger charge is -2.36. The number of carboxylic acid groups (broad SMARTS) is 1. The van der Waals surface area contributed by atoms with Gasteiger partial charge in [-0.15, -0.1) is 0 Å². The summed E-state index contributed by atoms with van der Waals surface area (Å²) in [5.74, 6) is -1.15. The maximum absolute atomic E-state index is 11.1. The molecule has 0 bridgehead atoms. The van der Waals surface area contributed by atoms with Crippen molar-refractivity contribution in [2.45, 2.75) is 25.0 Å². The molecular weight excluding hydrogens is 334 g/mol. The molecule has 2 rings (SSSR count). The van der Waals surface area contributed by atoms with Crippen LogP contribution in [0.15, 0.2) is 22.7 Å². The molecule has 0 amide bonds. The van der Waals surface area contributed by atoms with Crippen molar-refractivity contribution in [3.05, 3.63) is 33.3 Å². The first-order valence-corrected chi connectivity index (χ1v) is 7.20. The Balaban J connectivity index is 2.09. The molecule has 2 N–H and O–H groups in total. The molecule has 1 fully saturated rings. The van der Waals surface area contributed by atoms with Crippen molar-refractivity contribution >= 4 is 33.5 Å². The third kappa shape index (κ3) is 3.48. The number of β-amino-alcohol motifs (C(OH)–C–C–N with tert-alkyl or cyclic N) is 1. The first-order valence-electron chi connectivity index (χ1n) is 6.03. The molecule has 1 aromatic carbocycles.